The molecule has 0 unspecified atom stereocenters. The first-order valence-electron chi connectivity index (χ1n) is 8.10. The Kier molecular flexibility index (Phi) is 5.98. The molecule has 0 aliphatic carbocycles. The monoisotopic (exact) mass is 412 g/mol. The highest BCUT2D eigenvalue weighted by Gasteiger charge is 2.30. The topological polar surface area (TPSA) is 76.7 Å². The number of fused-ring (bicyclic) bond motifs is 1. The van der Waals surface area contributed by atoms with Gasteiger partial charge in [-0.1, -0.05) is 18.2 Å². The van der Waals surface area contributed by atoms with E-state index in [2.05, 4.69) is 10.9 Å². The number of amides is 2. The number of benzene rings is 2. The van der Waals surface area contributed by atoms with Crippen molar-refractivity contribution in [3.8, 4) is 11.5 Å². The highest BCUT2D eigenvalue weighted by Crippen LogP contribution is 2.32. The molecule has 1 heterocycles. The second-order valence-electron chi connectivity index (χ2n) is 5.72. The lowest BCUT2D eigenvalue weighted by molar-refractivity contribution is -0.137. The first-order valence-corrected chi connectivity index (χ1v) is 9.09. The lowest BCUT2D eigenvalue weighted by Gasteiger charge is -2.25. The Hall–Kier alpha value is -2.88. The molecule has 0 spiro atoms. The van der Waals surface area contributed by atoms with Crippen LogP contribution in [0.2, 0.25) is 0 Å². The maximum atomic E-state index is 12.7. The smallest absolute Gasteiger partial charge is 0.416 e. The van der Waals surface area contributed by atoms with Crippen molar-refractivity contribution >= 4 is 23.6 Å². The molecule has 28 heavy (non-hydrogen) atoms. The van der Waals surface area contributed by atoms with Crippen LogP contribution in [0.15, 0.2) is 53.4 Å². The van der Waals surface area contributed by atoms with E-state index in [0.717, 1.165) is 23.9 Å². The van der Waals surface area contributed by atoms with E-state index >= 15 is 0 Å². The lowest BCUT2D eigenvalue weighted by atomic mass is 10.2. The summed E-state index contributed by atoms with van der Waals surface area (Å²) in [4.78, 5) is 24.2. The van der Waals surface area contributed by atoms with Gasteiger partial charge in [-0.05, 0) is 30.3 Å². The van der Waals surface area contributed by atoms with E-state index < -0.39 is 29.7 Å². The number of hydrazine groups is 1. The molecule has 2 N–H and O–H groups in total. The van der Waals surface area contributed by atoms with Gasteiger partial charge in [0.2, 0.25) is 12.0 Å². The van der Waals surface area contributed by atoms with Gasteiger partial charge < -0.3 is 9.47 Å². The van der Waals surface area contributed by atoms with Crippen molar-refractivity contribution in [2.45, 2.75) is 17.2 Å². The summed E-state index contributed by atoms with van der Waals surface area (Å²) in [5.74, 6) is -0.417. The molecule has 0 radical (unpaired) electrons. The van der Waals surface area contributed by atoms with Gasteiger partial charge in [0.15, 0.2) is 11.5 Å². The van der Waals surface area contributed by atoms with Gasteiger partial charge >= 0.3 is 6.18 Å². The largest absolute Gasteiger partial charge is 0.485 e. The minimum atomic E-state index is -4.45. The number of para-hydroxylation sites is 2. The van der Waals surface area contributed by atoms with Crippen molar-refractivity contribution in [1.82, 2.24) is 10.9 Å². The van der Waals surface area contributed by atoms with Gasteiger partial charge in [-0.3, -0.25) is 20.4 Å². The highest BCUT2D eigenvalue weighted by atomic mass is 32.2. The molecule has 1 aliphatic rings. The van der Waals surface area contributed by atoms with Crippen molar-refractivity contribution in [3.05, 3.63) is 54.1 Å². The third-order valence-corrected chi connectivity index (χ3v) is 4.65. The summed E-state index contributed by atoms with van der Waals surface area (Å²) in [6, 6.07) is 11.5. The van der Waals surface area contributed by atoms with E-state index in [1.807, 2.05) is 0 Å². The van der Waals surface area contributed by atoms with Crippen LogP contribution in [0.25, 0.3) is 0 Å². The molecule has 2 amide bonds. The molecule has 3 rings (SSSR count). The maximum absolute atomic E-state index is 12.7. The molecular weight excluding hydrogens is 397 g/mol. The van der Waals surface area contributed by atoms with E-state index in [0.29, 0.717) is 11.5 Å². The van der Waals surface area contributed by atoms with Crippen LogP contribution in [0.1, 0.15) is 5.56 Å². The Morgan fingerprint density at radius 1 is 1.07 bits per heavy atom. The molecule has 0 bridgehead atoms. The summed E-state index contributed by atoms with van der Waals surface area (Å²) >= 11 is 0.917. The molecule has 0 aromatic heterocycles. The number of alkyl halides is 3. The van der Waals surface area contributed by atoms with Gasteiger partial charge in [-0.25, -0.2) is 0 Å². The number of nitrogens with one attached hydrogen (secondary N) is 2. The molecule has 0 saturated carbocycles. The van der Waals surface area contributed by atoms with Crippen LogP contribution in [-0.2, 0) is 15.8 Å². The molecule has 148 valence electrons. The number of hydrogen-bond donors (Lipinski definition) is 2. The van der Waals surface area contributed by atoms with Gasteiger partial charge in [0.05, 0.1) is 11.3 Å². The molecule has 6 nitrogen and oxygen atoms in total. The van der Waals surface area contributed by atoms with Gasteiger partial charge in [-0.15, -0.1) is 11.8 Å². The number of carbonyl (C=O) groups is 2. The molecule has 0 fully saturated rings. The lowest BCUT2D eigenvalue weighted by Crippen LogP contribution is -2.51. The summed E-state index contributed by atoms with van der Waals surface area (Å²) in [6.45, 7) is -0.0162. The van der Waals surface area contributed by atoms with Crippen LogP contribution in [-0.4, -0.2) is 30.3 Å². The summed E-state index contributed by atoms with van der Waals surface area (Å²) in [7, 11) is 0. The second kappa shape index (κ2) is 8.42. The third kappa shape index (κ3) is 5.10. The van der Waals surface area contributed by atoms with Crippen LogP contribution >= 0.6 is 11.8 Å². The summed E-state index contributed by atoms with van der Waals surface area (Å²) in [5, 5.41) is 0. The zero-order valence-corrected chi connectivity index (χ0v) is 15.1. The van der Waals surface area contributed by atoms with Crippen molar-refractivity contribution in [2.24, 2.45) is 0 Å². The van der Waals surface area contributed by atoms with E-state index in [1.165, 1.54) is 12.1 Å². The quantitative estimate of drug-likeness (QED) is 0.597. The van der Waals surface area contributed by atoms with E-state index in [1.54, 1.807) is 24.3 Å². The fourth-order valence-electron chi connectivity index (χ4n) is 2.31. The first kappa shape index (κ1) is 19.9. The van der Waals surface area contributed by atoms with Gasteiger partial charge in [-0.2, -0.15) is 13.2 Å². The average molecular weight is 412 g/mol. The molecule has 10 heteroatoms. The minimum Gasteiger partial charge on any atom is -0.485 e. The van der Waals surface area contributed by atoms with E-state index in [9.17, 15) is 22.8 Å². The van der Waals surface area contributed by atoms with Crippen LogP contribution in [0.4, 0.5) is 13.2 Å². The number of halogens is 3. The zero-order valence-electron chi connectivity index (χ0n) is 14.3. The molecule has 1 atom stereocenters. The third-order valence-electron chi connectivity index (χ3n) is 3.66. The number of carbonyl (C=O) groups excluding carboxylic acids is 2. The normalized spacial score (nSPS) is 15.6. The van der Waals surface area contributed by atoms with Crippen LogP contribution < -0.4 is 20.3 Å². The molecular formula is C18H15F3N2O4S. The predicted octanol–water partition coefficient (Wildman–Crippen LogP) is 2.78. The molecule has 1 aliphatic heterocycles. The van der Waals surface area contributed by atoms with Gasteiger partial charge in [0, 0.05) is 4.90 Å². The number of rotatable bonds is 4. The number of thioether (sulfide) groups is 1. The Morgan fingerprint density at radius 2 is 1.82 bits per heavy atom. The van der Waals surface area contributed by atoms with Crippen LogP contribution in [0.3, 0.4) is 0 Å². The average Bonchev–Trinajstić information content (AvgIpc) is 2.69. The first-order chi connectivity index (χ1) is 13.3. The fraction of sp³-hybridized carbons (Fsp3) is 0.222. The molecule has 2 aromatic rings. The standard InChI is InChI=1S/C18H15F3N2O4S/c19-18(20,21)11-4-3-5-12(8-11)28-10-16(24)22-23-17(25)15-9-26-13-6-1-2-7-14(13)27-15/h1-8,15H,9-10H2,(H,22,24)(H,23,25)/t15-/m1/s1. The molecule has 2 aromatic carbocycles. The maximum Gasteiger partial charge on any atom is 0.416 e. The zero-order chi connectivity index (χ0) is 20.1. The Morgan fingerprint density at radius 3 is 2.57 bits per heavy atom. The van der Waals surface area contributed by atoms with Crippen molar-refractivity contribution in [1.29, 1.82) is 0 Å². The summed E-state index contributed by atoms with van der Waals surface area (Å²) in [5.41, 5.74) is 3.63. The van der Waals surface area contributed by atoms with Crippen LogP contribution in [0.5, 0.6) is 11.5 Å². The SMILES string of the molecule is O=C(CSc1cccc(C(F)(F)F)c1)NNC(=O)[C@H]1COc2ccccc2O1. The Labute approximate surface area is 162 Å². The Bertz CT molecular complexity index is 876. The summed E-state index contributed by atoms with van der Waals surface area (Å²) in [6.07, 6.45) is -5.39. The van der Waals surface area contributed by atoms with E-state index in [4.69, 9.17) is 9.47 Å². The minimum absolute atomic E-state index is 0.0162. The predicted molar refractivity (Wildman–Crippen MR) is 94.8 cm³/mol. The van der Waals surface area contributed by atoms with Crippen molar-refractivity contribution in [2.75, 3.05) is 12.4 Å². The van der Waals surface area contributed by atoms with E-state index in [-0.39, 0.29) is 17.3 Å². The fourth-order valence-corrected chi connectivity index (χ4v) is 3.06. The van der Waals surface area contributed by atoms with Crippen molar-refractivity contribution in [3.63, 3.8) is 0 Å². The van der Waals surface area contributed by atoms with Crippen molar-refractivity contribution < 1.29 is 32.2 Å². The Balaban J connectivity index is 1.45. The second-order valence-corrected chi connectivity index (χ2v) is 6.76. The molecule has 0 saturated heterocycles. The summed E-state index contributed by atoms with van der Waals surface area (Å²) < 4.78 is 49.0. The van der Waals surface area contributed by atoms with Gasteiger partial charge in [0.1, 0.15) is 6.61 Å². The number of hydrogen-bond acceptors (Lipinski definition) is 5. The highest BCUT2D eigenvalue weighted by molar-refractivity contribution is 8.00. The van der Waals surface area contributed by atoms with Gasteiger partial charge in [0.25, 0.3) is 5.91 Å². The number of ether oxygens (including phenoxy) is 2. The van der Waals surface area contributed by atoms with Crippen LogP contribution in [0, 0.1) is 0 Å².